The average molecular weight is 513 g/mol. The van der Waals surface area contributed by atoms with Gasteiger partial charge in [-0.3, -0.25) is 4.79 Å². The fourth-order valence-electron chi connectivity index (χ4n) is 3.69. The Morgan fingerprint density at radius 2 is 1.59 bits per heavy atom. The summed E-state index contributed by atoms with van der Waals surface area (Å²) in [6, 6.07) is 4.06. The summed E-state index contributed by atoms with van der Waals surface area (Å²) in [7, 11) is -4.81. The second-order valence-electron chi connectivity index (χ2n) is 7.89. The molecule has 1 amide bonds. The summed E-state index contributed by atoms with van der Waals surface area (Å²) in [4.78, 5) is 11.5. The van der Waals surface area contributed by atoms with E-state index in [0.29, 0.717) is 24.3 Å². The van der Waals surface area contributed by atoms with Gasteiger partial charge in [0.05, 0.1) is 16.0 Å². The van der Waals surface area contributed by atoms with Gasteiger partial charge in [-0.25, -0.2) is 12.8 Å². The summed E-state index contributed by atoms with van der Waals surface area (Å²) in [5, 5.41) is 8.87. The number of benzene rings is 2. The molecular weight excluding hydrogens is 495 g/mol. The molecule has 2 aromatic rings. The first kappa shape index (κ1) is 25.8. The molecule has 13 heteroatoms. The van der Waals surface area contributed by atoms with E-state index in [-0.39, 0.29) is 12.8 Å². The van der Waals surface area contributed by atoms with Crippen molar-refractivity contribution in [1.82, 2.24) is 5.32 Å². The van der Waals surface area contributed by atoms with Crippen LogP contribution in [0.15, 0.2) is 47.4 Å². The van der Waals surface area contributed by atoms with Gasteiger partial charge in [0.25, 0.3) is 5.91 Å². The molecule has 0 aliphatic heterocycles. The van der Waals surface area contributed by atoms with Crippen LogP contribution in [0.25, 0.3) is 0 Å². The molecule has 34 heavy (non-hydrogen) atoms. The number of carbonyl (C=O) groups excluding carboxylic acids is 1. The topological polar surface area (TPSA) is 83.5 Å². The van der Waals surface area contributed by atoms with Crippen LogP contribution < -0.4 is 5.32 Å². The first-order chi connectivity index (χ1) is 15.5. The predicted molar refractivity (Wildman–Crippen MR) is 105 cm³/mol. The number of carbonyl (C=O) groups is 1. The van der Waals surface area contributed by atoms with Gasteiger partial charge in [0.2, 0.25) is 14.8 Å². The minimum Gasteiger partial charge on any atom is -0.507 e. The highest BCUT2D eigenvalue weighted by Crippen LogP contribution is 2.42. The van der Waals surface area contributed by atoms with Gasteiger partial charge in [-0.1, -0.05) is 6.07 Å². The number of sulfone groups is 1. The highest BCUT2D eigenvalue weighted by atomic mass is 32.2. The lowest BCUT2D eigenvalue weighted by Crippen LogP contribution is -2.45. The Hall–Kier alpha value is -2.83. The Bertz CT molecular complexity index is 1180. The summed E-state index contributed by atoms with van der Waals surface area (Å²) in [6.45, 7) is 0. The Kier molecular flexibility index (Phi) is 6.64. The van der Waals surface area contributed by atoms with E-state index < -0.39 is 79.3 Å². The molecule has 0 saturated heterocycles. The van der Waals surface area contributed by atoms with Crippen LogP contribution >= 0.6 is 0 Å². The van der Waals surface area contributed by atoms with Crippen molar-refractivity contribution in [1.29, 1.82) is 0 Å². The monoisotopic (exact) mass is 513 g/mol. The lowest BCUT2D eigenvalue weighted by molar-refractivity contribution is -0.139. The Morgan fingerprint density at radius 3 is 2.15 bits per heavy atom. The zero-order chi connectivity index (χ0) is 25.5. The molecule has 186 valence electrons. The van der Waals surface area contributed by atoms with Crippen molar-refractivity contribution in [2.75, 3.05) is 0 Å². The fraction of sp³-hybridized carbons (Fsp3) is 0.381. The maximum Gasteiger partial charge on any atom is 0.419 e. The minimum atomic E-state index is -4.91. The molecule has 3 rings (SSSR count). The van der Waals surface area contributed by atoms with E-state index in [0.717, 1.165) is 18.2 Å². The van der Waals surface area contributed by atoms with Crippen molar-refractivity contribution in [3.05, 3.63) is 59.2 Å². The second kappa shape index (κ2) is 8.75. The zero-order valence-electron chi connectivity index (χ0n) is 17.2. The van der Waals surface area contributed by atoms with Crippen LogP contribution in [0.3, 0.4) is 0 Å². The van der Waals surface area contributed by atoms with E-state index in [1.165, 1.54) is 0 Å². The van der Waals surface area contributed by atoms with Crippen molar-refractivity contribution < 1.29 is 49.1 Å². The average Bonchev–Trinajstić information content (AvgIpc) is 2.74. The van der Waals surface area contributed by atoms with Gasteiger partial charge < -0.3 is 10.4 Å². The van der Waals surface area contributed by atoms with Gasteiger partial charge in [-0.2, -0.15) is 26.3 Å². The molecule has 1 fully saturated rings. The van der Waals surface area contributed by atoms with E-state index in [1.54, 1.807) is 0 Å². The third-order valence-corrected chi connectivity index (χ3v) is 7.83. The first-order valence-electron chi connectivity index (χ1n) is 9.86. The maximum absolute atomic E-state index is 15.4. The molecule has 1 aliphatic carbocycles. The third-order valence-electron chi connectivity index (χ3n) is 5.58. The molecule has 2 aromatic carbocycles. The number of phenols is 1. The summed E-state index contributed by atoms with van der Waals surface area (Å²) in [5.74, 6) is -2.01. The smallest absolute Gasteiger partial charge is 0.419 e. The molecule has 0 unspecified atom stereocenters. The van der Waals surface area contributed by atoms with Gasteiger partial charge in [0.15, 0.2) is 0 Å². The fourth-order valence-corrected chi connectivity index (χ4v) is 5.42. The van der Waals surface area contributed by atoms with Crippen LogP contribution in [0.2, 0.25) is 0 Å². The van der Waals surface area contributed by atoms with Crippen LogP contribution in [-0.4, -0.2) is 30.5 Å². The molecule has 1 aliphatic rings. The number of aromatic hydroxyl groups is 1. The van der Waals surface area contributed by atoms with Crippen LogP contribution in [-0.2, 0) is 22.2 Å². The first-order valence-corrected chi connectivity index (χ1v) is 11.3. The molecule has 0 heterocycles. The van der Waals surface area contributed by atoms with E-state index in [4.69, 9.17) is 0 Å². The number of hydrogen-bond donors (Lipinski definition) is 2. The number of alkyl halides is 7. The SMILES string of the molecule is O=C(N[C@H]1CC[C@](F)(S(=O)(=O)c2cccc(C(F)(F)F)c2)CC1)c1ccc(O)c(C(F)(F)F)c1. The number of halogens is 7. The summed E-state index contributed by atoms with van der Waals surface area (Å²) >= 11 is 0. The summed E-state index contributed by atoms with van der Waals surface area (Å²) in [6.07, 6.45) is -11.4. The zero-order valence-corrected chi connectivity index (χ0v) is 18.0. The third kappa shape index (κ3) is 5.13. The van der Waals surface area contributed by atoms with Crippen molar-refractivity contribution in [2.24, 2.45) is 0 Å². The van der Waals surface area contributed by atoms with Gasteiger partial charge in [0, 0.05) is 11.6 Å². The van der Waals surface area contributed by atoms with E-state index in [2.05, 4.69) is 5.32 Å². The normalized spacial score (nSPS) is 21.8. The number of rotatable bonds is 4. The van der Waals surface area contributed by atoms with Gasteiger partial charge in [-0.15, -0.1) is 0 Å². The Balaban J connectivity index is 1.72. The van der Waals surface area contributed by atoms with E-state index in [1.807, 2.05) is 0 Å². The molecule has 5 nitrogen and oxygen atoms in total. The van der Waals surface area contributed by atoms with Gasteiger partial charge in [-0.05, 0) is 62.1 Å². The van der Waals surface area contributed by atoms with E-state index in [9.17, 15) is 44.7 Å². The largest absolute Gasteiger partial charge is 0.507 e. The van der Waals surface area contributed by atoms with Crippen molar-refractivity contribution in [3.63, 3.8) is 0 Å². The lowest BCUT2D eigenvalue weighted by atomic mass is 9.93. The van der Waals surface area contributed by atoms with Gasteiger partial charge in [0.1, 0.15) is 5.75 Å². The highest BCUT2D eigenvalue weighted by molar-refractivity contribution is 7.92. The molecule has 2 N–H and O–H groups in total. The van der Waals surface area contributed by atoms with Gasteiger partial charge >= 0.3 is 12.4 Å². The second-order valence-corrected chi connectivity index (χ2v) is 10.1. The summed E-state index contributed by atoms with van der Waals surface area (Å²) in [5.41, 5.74) is -3.08. The molecular formula is C21H18F7NO4S. The number of amides is 1. The molecule has 0 radical (unpaired) electrons. The quantitative estimate of drug-likeness (QED) is 0.548. The van der Waals surface area contributed by atoms with Crippen molar-refractivity contribution >= 4 is 15.7 Å². The standard InChI is InChI=1S/C21H18F7NO4S/c22-19(34(32,33)15-3-1-2-13(11-15)20(23,24)25)8-6-14(7-9-19)29-18(31)12-4-5-17(30)16(10-12)21(26,27)28/h1-5,10-11,14,30H,6-9H2,(H,29,31)/t14-,19-. The number of nitrogens with one attached hydrogen (secondary N) is 1. The number of hydrogen-bond acceptors (Lipinski definition) is 4. The lowest BCUT2D eigenvalue weighted by Gasteiger charge is -2.34. The highest BCUT2D eigenvalue weighted by Gasteiger charge is 2.48. The van der Waals surface area contributed by atoms with Crippen LogP contribution in [0.5, 0.6) is 5.75 Å². The minimum absolute atomic E-state index is 0.218. The van der Waals surface area contributed by atoms with Crippen LogP contribution in [0.1, 0.15) is 47.2 Å². The molecule has 0 atom stereocenters. The predicted octanol–water partition coefficient (Wildman–Crippen LogP) is 5.24. The maximum atomic E-state index is 15.4. The van der Waals surface area contributed by atoms with Crippen LogP contribution in [0.4, 0.5) is 30.7 Å². The molecule has 0 bridgehead atoms. The van der Waals surface area contributed by atoms with E-state index >= 15 is 4.39 Å². The number of phenolic OH excluding ortho intramolecular Hbond substituents is 1. The Morgan fingerprint density at radius 1 is 0.971 bits per heavy atom. The molecule has 0 spiro atoms. The van der Waals surface area contributed by atoms with Crippen LogP contribution in [0, 0.1) is 0 Å². The molecule has 1 saturated carbocycles. The van der Waals surface area contributed by atoms with Crippen molar-refractivity contribution in [3.8, 4) is 5.75 Å². The molecule has 0 aromatic heterocycles. The summed E-state index contributed by atoms with van der Waals surface area (Å²) < 4.78 is 118. The Labute approximate surface area is 189 Å². The van der Waals surface area contributed by atoms with Crippen molar-refractivity contribution in [2.45, 2.75) is 54.0 Å².